The highest BCUT2D eigenvalue weighted by Crippen LogP contribution is 2.17. The van der Waals surface area contributed by atoms with Gasteiger partial charge in [0.1, 0.15) is 0 Å². The summed E-state index contributed by atoms with van der Waals surface area (Å²) >= 11 is 0. The molecule has 1 amide bonds. The van der Waals surface area contributed by atoms with Gasteiger partial charge in [-0.25, -0.2) is 0 Å². The molecule has 0 aromatic carbocycles. The fraction of sp³-hybridized carbons (Fsp3) is 0.571. The van der Waals surface area contributed by atoms with E-state index in [1.165, 1.54) is 0 Å². The molecular formula is C14H23N3O. The highest BCUT2D eigenvalue weighted by atomic mass is 16.2. The third-order valence-corrected chi connectivity index (χ3v) is 2.77. The number of rotatable bonds is 5. The van der Waals surface area contributed by atoms with Gasteiger partial charge in [0.25, 0.3) is 5.91 Å². The van der Waals surface area contributed by atoms with Gasteiger partial charge in [0.15, 0.2) is 0 Å². The van der Waals surface area contributed by atoms with Gasteiger partial charge in [-0.1, -0.05) is 13.8 Å². The smallest absolute Gasteiger partial charge is 0.257 e. The van der Waals surface area contributed by atoms with E-state index < -0.39 is 0 Å². The van der Waals surface area contributed by atoms with Crippen molar-refractivity contribution in [3.63, 3.8) is 0 Å². The summed E-state index contributed by atoms with van der Waals surface area (Å²) in [6.45, 7) is 9.07. The van der Waals surface area contributed by atoms with Crippen LogP contribution in [0.4, 0.5) is 5.69 Å². The molecule has 1 N–H and O–H groups in total. The van der Waals surface area contributed by atoms with E-state index in [1.54, 1.807) is 12.4 Å². The number of hydrogen-bond acceptors (Lipinski definition) is 3. The van der Waals surface area contributed by atoms with Crippen LogP contribution in [0.1, 0.15) is 38.1 Å². The molecule has 0 radical (unpaired) electrons. The Labute approximate surface area is 109 Å². The van der Waals surface area contributed by atoms with Crippen molar-refractivity contribution in [3.8, 4) is 0 Å². The van der Waals surface area contributed by atoms with Crippen LogP contribution in [-0.4, -0.2) is 35.4 Å². The van der Waals surface area contributed by atoms with Crippen molar-refractivity contribution >= 4 is 11.6 Å². The normalized spacial score (nSPS) is 10.8. The first kappa shape index (κ1) is 14.5. The van der Waals surface area contributed by atoms with Gasteiger partial charge < -0.3 is 10.2 Å². The Hall–Kier alpha value is -1.58. The van der Waals surface area contributed by atoms with Crippen LogP contribution in [0.2, 0.25) is 0 Å². The molecule has 1 heterocycles. The van der Waals surface area contributed by atoms with Crippen LogP contribution >= 0.6 is 0 Å². The van der Waals surface area contributed by atoms with Gasteiger partial charge in [-0.3, -0.25) is 9.78 Å². The van der Waals surface area contributed by atoms with E-state index in [0.717, 1.165) is 12.2 Å². The number of hydrogen-bond donors (Lipinski definition) is 1. The van der Waals surface area contributed by atoms with Crippen molar-refractivity contribution in [3.05, 3.63) is 24.0 Å². The maximum atomic E-state index is 12.5. The largest absolute Gasteiger partial charge is 0.387 e. The average molecular weight is 249 g/mol. The number of anilines is 1. The Kier molecular flexibility index (Phi) is 5.13. The standard InChI is InChI=1S/C14H23N3O/c1-10(2)9-17(11(3)4)14(18)12-8-16-7-6-13(12)15-5/h6-8,10-11H,9H2,1-5H3,(H,15,16). The number of aromatic nitrogens is 1. The number of pyridine rings is 1. The second kappa shape index (κ2) is 6.38. The van der Waals surface area contributed by atoms with Gasteiger partial charge in [-0.2, -0.15) is 0 Å². The molecule has 0 saturated carbocycles. The third kappa shape index (κ3) is 3.45. The fourth-order valence-electron chi connectivity index (χ4n) is 1.86. The number of carbonyl (C=O) groups excluding carboxylic acids is 1. The average Bonchev–Trinajstić information content (AvgIpc) is 2.34. The molecule has 1 aromatic rings. The maximum Gasteiger partial charge on any atom is 0.257 e. The molecule has 18 heavy (non-hydrogen) atoms. The van der Waals surface area contributed by atoms with E-state index in [2.05, 4.69) is 24.1 Å². The molecule has 1 rings (SSSR count). The first-order valence-corrected chi connectivity index (χ1v) is 6.40. The minimum atomic E-state index is 0.0381. The zero-order chi connectivity index (χ0) is 13.7. The second-order valence-electron chi connectivity index (χ2n) is 5.12. The summed E-state index contributed by atoms with van der Waals surface area (Å²) in [5.74, 6) is 0.488. The molecule has 100 valence electrons. The van der Waals surface area contributed by atoms with E-state index in [1.807, 2.05) is 31.9 Å². The number of nitrogens with one attached hydrogen (secondary N) is 1. The van der Waals surface area contributed by atoms with E-state index in [4.69, 9.17) is 0 Å². The Morgan fingerprint density at radius 3 is 2.56 bits per heavy atom. The molecule has 0 aliphatic rings. The molecule has 4 heteroatoms. The summed E-state index contributed by atoms with van der Waals surface area (Å²) in [5, 5.41) is 3.04. The predicted molar refractivity (Wildman–Crippen MR) is 74.8 cm³/mol. The number of carbonyl (C=O) groups is 1. The zero-order valence-corrected chi connectivity index (χ0v) is 11.9. The minimum Gasteiger partial charge on any atom is -0.387 e. The molecule has 0 spiro atoms. The van der Waals surface area contributed by atoms with Crippen molar-refractivity contribution in [1.29, 1.82) is 0 Å². The summed E-state index contributed by atoms with van der Waals surface area (Å²) in [6, 6.07) is 2.01. The highest BCUT2D eigenvalue weighted by molar-refractivity contribution is 5.99. The first-order chi connectivity index (χ1) is 8.47. The number of amides is 1. The second-order valence-corrected chi connectivity index (χ2v) is 5.12. The lowest BCUT2D eigenvalue weighted by Crippen LogP contribution is -2.39. The van der Waals surface area contributed by atoms with Crippen LogP contribution in [-0.2, 0) is 0 Å². The molecule has 1 aromatic heterocycles. The molecule has 0 atom stereocenters. The monoisotopic (exact) mass is 249 g/mol. The van der Waals surface area contributed by atoms with Gasteiger partial charge in [-0.15, -0.1) is 0 Å². The van der Waals surface area contributed by atoms with Crippen LogP contribution < -0.4 is 5.32 Å². The molecule has 0 unspecified atom stereocenters. The lowest BCUT2D eigenvalue weighted by Gasteiger charge is -2.29. The van der Waals surface area contributed by atoms with E-state index in [9.17, 15) is 4.79 Å². The Morgan fingerprint density at radius 1 is 1.39 bits per heavy atom. The van der Waals surface area contributed by atoms with Crippen LogP contribution in [0, 0.1) is 5.92 Å². The molecular weight excluding hydrogens is 226 g/mol. The zero-order valence-electron chi connectivity index (χ0n) is 11.9. The fourth-order valence-corrected chi connectivity index (χ4v) is 1.86. The van der Waals surface area contributed by atoms with Crippen LogP contribution in [0.3, 0.4) is 0 Å². The van der Waals surface area contributed by atoms with Gasteiger partial charge in [0.2, 0.25) is 0 Å². The minimum absolute atomic E-state index is 0.0381. The molecule has 0 bridgehead atoms. The van der Waals surface area contributed by atoms with Crippen LogP contribution in [0.25, 0.3) is 0 Å². The van der Waals surface area contributed by atoms with Crippen molar-refractivity contribution in [1.82, 2.24) is 9.88 Å². The van der Waals surface area contributed by atoms with E-state index in [0.29, 0.717) is 11.5 Å². The molecule has 0 saturated heterocycles. The maximum absolute atomic E-state index is 12.5. The van der Waals surface area contributed by atoms with Crippen molar-refractivity contribution in [2.24, 2.45) is 5.92 Å². The predicted octanol–water partition coefficient (Wildman–Crippen LogP) is 2.63. The van der Waals surface area contributed by atoms with Gasteiger partial charge in [-0.05, 0) is 25.8 Å². The molecule has 4 nitrogen and oxygen atoms in total. The third-order valence-electron chi connectivity index (χ3n) is 2.77. The topological polar surface area (TPSA) is 45.2 Å². The summed E-state index contributed by atoms with van der Waals surface area (Å²) in [6.07, 6.45) is 3.31. The molecule has 0 aliphatic carbocycles. The Morgan fingerprint density at radius 2 is 2.06 bits per heavy atom. The SMILES string of the molecule is CNc1ccncc1C(=O)N(CC(C)C)C(C)C. The molecule has 0 fully saturated rings. The van der Waals surface area contributed by atoms with Gasteiger partial charge in [0, 0.05) is 37.7 Å². The van der Waals surface area contributed by atoms with Gasteiger partial charge >= 0.3 is 0 Å². The first-order valence-electron chi connectivity index (χ1n) is 6.40. The molecule has 0 aliphatic heterocycles. The van der Waals surface area contributed by atoms with Crippen LogP contribution in [0.15, 0.2) is 18.5 Å². The Balaban J connectivity index is 3.02. The van der Waals surface area contributed by atoms with Crippen LogP contribution in [0.5, 0.6) is 0 Å². The summed E-state index contributed by atoms with van der Waals surface area (Å²) in [7, 11) is 1.81. The quantitative estimate of drug-likeness (QED) is 0.872. The summed E-state index contributed by atoms with van der Waals surface area (Å²) in [4.78, 5) is 18.5. The lowest BCUT2D eigenvalue weighted by molar-refractivity contribution is 0.0682. The van der Waals surface area contributed by atoms with Crippen molar-refractivity contribution in [2.75, 3.05) is 18.9 Å². The highest BCUT2D eigenvalue weighted by Gasteiger charge is 2.21. The number of nitrogens with zero attached hydrogens (tertiary/aromatic N) is 2. The van der Waals surface area contributed by atoms with E-state index >= 15 is 0 Å². The van der Waals surface area contributed by atoms with Gasteiger partial charge in [0.05, 0.1) is 5.56 Å². The van der Waals surface area contributed by atoms with Crippen molar-refractivity contribution in [2.45, 2.75) is 33.7 Å². The Bertz CT molecular complexity index is 402. The lowest BCUT2D eigenvalue weighted by atomic mass is 10.1. The summed E-state index contributed by atoms with van der Waals surface area (Å²) in [5.41, 5.74) is 1.46. The summed E-state index contributed by atoms with van der Waals surface area (Å²) < 4.78 is 0. The van der Waals surface area contributed by atoms with E-state index in [-0.39, 0.29) is 11.9 Å². The van der Waals surface area contributed by atoms with Crippen molar-refractivity contribution < 1.29 is 4.79 Å².